The van der Waals surface area contributed by atoms with E-state index in [-0.39, 0.29) is 42.5 Å². The number of ether oxygens (including phenoxy) is 2. The smallest absolute Gasteiger partial charge is 0.416 e. The number of carboxylic acids is 1. The normalized spacial score (nSPS) is 25.5. The van der Waals surface area contributed by atoms with Gasteiger partial charge in [-0.2, -0.15) is 13.2 Å². The maximum Gasteiger partial charge on any atom is 0.416 e. The summed E-state index contributed by atoms with van der Waals surface area (Å²) in [7, 11) is 0. The minimum atomic E-state index is -4.70. The summed E-state index contributed by atoms with van der Waals surface area (Å²) in [6.07, 6.45) is -0.637. The zero-order valence-corrected chi connectivity index (χ0v) is 22.2. The van der Waals surface area contributed by atoms with Crippen LogP contribution in [0, 0.1) is 17.6 Å². The van der Waals surface area contributed by atoms with E-state index in [4.69, 9.17) is 9.47 Å². The van der Waals surface area contributed by atoms with Crippen LogP contribution in [0.15, 0.2) is 36.4 Å². The number of halogens is 5. The Hall–Kier alpha value is -3.25. The largest absolute Gasteiger partial charge is 0.489 e. The van der Waals surface area contributed by atoms with E-state index in [1.54, 1.807) is 0 Å². The molecule has 222 valence electrons. The second-order valence-corrected chi connectivity index (χ2v) is 11.0. The molecule has 0 spiro atoms. The van der Waals surface area contributed by atoms with Crippen molar-refractivity contribution in [2.45, 2.75) is 69.0 Å². The molecule has 3 aliphatic rings. The van der Waals surface area contributed by atoms with E-state index in [1.165, 1.54) is 12.1 Å². The number of aromatic carboxylic acids is 1. The molecule has 12 heteroatoms. The molecule has 3 fully saturated rings. The average molecular weight is 583 g/mol. The monoisotopic (exact) mass is 582 g/mol. The Bertz CT molecular complexity index is 1290. The average Bonchev–Trinajstić information content (AvgIpc) is 3.78. The van der Waals surface area contributed by atoms with Gasteiger partial charge in [0.2, 0.25) is 0 Å². The van der Waals surface area contributed by atoms with Gasteiger partial charge in [-0.05, 0) is 92.9 Å². The van der Waals surface area contributed by atoms with Crippen LogP contribution in [0.5, 0.6) is 5.75 Å². The fourth-order valence-corrected chi connectivity index (χ4v) is 5.88. The molecule has 1 amide bonds. The first-order valence-corrected chi connectivity index (χ1v) is 13.7. The zero-order valence-electron chi connectivity index (χ0n) is 22.2. The van der Waals surface area contributed by atoms with Crippen LogP contribution in [-0.4, -0.2) is 59.3 Å². The molecule has 0 aromatic heterocycles. The van der Waals surface area contributed by atoms with E-state index >= 15 is 0 Å². The summed E-state index contributed by atoms with van der Waals surface area (Å²) in [5, 5.41) is 11.9. The van der Waals surface area contributed by atoms with Crippen molar-refractivity contribution in [1.29, 1.82) is 0 Å². The maximum atomic E-state index is 13.8. The number of hydrogen-bond donors (Lipinski definition) is 2. The summed E-state index contributed by atoms with van der Waals surface area (Å²) in [5.74, 6) is -3.34. The first-order valence-electron chi connectivity index (χ1n) is 13.7. The van der Waals surface area contributed by atoms with E-state index in [0.29, 0.717) is 25.5 Å². The SMILES string of the molecule is O=C(O)c1cc(O[C@@H]2CCCN([C@@H]3CC[C@@](C(=O)NCc4cc(F)cc(C(F)(F)F)c4)(C4CC4)OC3)C2)ccc1F. The molecule has 2 aliphatic heterocycles. The van der Waals surface area contributed by atoms with Crippen LogP contribution in [0.3, 0.4) is 0 Å². The minimum absolute atomic E-state index is 0.0149. The van der Waals surface area contributed by atoms with Crippen molar-refractivity contribution < 1.29 is 46.1 Å². The van der Waals surface area contributed by atoms with Crippen molar-refractivity contribution in [2.24, 2.45) is 5.92 Å². The summed E-state index contributed by atoms with van der Waals surface area (Å²) in [6, 6.07) is 5.89. The van der Waals surface area contributed by atoms with Gasteiger partial charge in [0, 0.05) is 19.1 Å². The van der Waals surface area contributed by atoms with E-state index < -0.39 is 46.4 Å². The molecule has 0 unspecified atom stereocenters. The zero-order chi connectivity index (χ0) is 29.4. The molecule has 0 radical (unpaired) electrons. The predicted molar refractivity (Wildman–Crippen MR) is 136 cm³/mol. The number of rotatable bonds is 8. The van der Waals surface area contributed by atoms with Crippen molar-refractivity contribution in [2.75, 3.05) is 19.7 Å². The second-order valence-electron chi connectivity index (χ2n) is 11.0. The molecule has 2 aromatic carbocycles. The Labute approximate surface area is 233 Å². The second kappa shape index (κ2) is 11.6. The molecule has 5 rings (SSSR count). The minimum Gasteiger partial charge on any atom is -0.489 e. The van der Waals surface area contributed by atoms with Gasteiger partial charge in [-0.1, -0.05) is 0 Å². The van der Waals surface area contributed by atoms with E-state index in [2.05, 4.69) is 10.2 Å². The van der Waals surface area contributed by atoms with E-state index in [1.807, 2.05) is 0 Å². The number of nitrogens with one attached hydrogen (secondary N) is 1. The molecule has 41 heavy (non-hydrogen) atoms. The van der Waals surface area contributed by atoms with Crippen molar-refractivity contribution in [3.05, 3.63) is 64.7 Å². The van der Waals surface area contributed by atoms with Gasteiger partial charge in [0.05, 0.1) is 17.7 Å². The standard InChI is InChI=1S/C29H31F5N2O5/c30-20-11-17(10-19(12-20)29(32,33)34)14-35-27(39)28(18-3-4-18)8-7-21(16-40-28)36-9-1-2-23(15-36)41-22-5-6-25(31)24(13-22)26(37)38/h5-6,10-13,18,21,23H,1-4,7-9,14-16H2,(H,35,39)(H,37,38)/t21-,23-,28+/m1/s1. The molecular weight excluding hydrogens is 551 g/mol. The first-order chi connectivity index (χ1) is 19.4. The fourth-order valence-electron chi connectivity index (χ4n) is 5.88. The molecule has 2 heterocycles. The fraction of sp³-hybridized carbons (Fsp3) is 0.517. The Morgan fingerprint density at radius 3 is 2.54 bits per heavy atom. The van der Waals surface area contributed by atoms with Gasteiger partial charge < -0.3 is 19.9 Å². The predicted octanol–water partition coefficient (Wildman–Crippen LogP) is 5.17. The number of piperidine rings is 1. The third kappa shape index (κ3) is 6.64. The number of benzene rings is 2. The van der Waals surface area contributed by atoms with Crippen LogP contribution in [0.25, 0.3) is 0 Å². The van der Waals surface area contributed by atoms with Crippen molar-refractivity contribution >= 4 is 11.9 Å². The maximum absolute atomic E-state index is 13.8. The van der Waals surface area contributed by atoms with Crippen molar-refractivity contribution in [3.8, 4) is 5.75 Å². The molecule has 3 atom stereocenters. The van der Waals surface area contributed by atoms with Crippen LogP contribution in [0.2, 0.25) is 0 Å². The molecule has 7 nitrogen and oxygen atoms in total. The topological polar surface area (TPSA) is 88.1 Å². The van der Waals surface area contributed by atoms with Crippen LogP contribution < -0.4 is 10.1 Å². The highest BCUT2D eigenvalue weighted by Crippen LogP contribution is 2.47. The van der Waals surface area contributed by atoms with Gasteiger partial charge in [0.25, 0.3) is 5.91 Å². The van der Waals surface area contributed by atoms with Crippen molar-refractivity contribution in [1.82, 2.24) is 10.2 Å². The van der Waals surface area contributed by atoms with Crippen molar-refractivity contribution in [3.63, 3.8) is 0 Å². The van der Waals surface area contributed by atoms with E-state index in [0.717, 1.165) is 50.4 Å². The Kier molecular flexibility index (Phi) is 8.24. The van der Waals surface area contributed by atoms with Gasteiger partial charge in [-0.25, -0.2) is 13.6 Å². The Morgan fingerprint density at radius 1 is 1.10 bits per heavy atom. The summed E-state index contributed by atoms with van der Waals surface area (Å²) in [5.41, 5.74) is -2.63. The van der Waals surface area contributed by atoms with Crippen LogP contribution in [0.1, 0.15) is 60.0 Å². The highest BCUT2D eigenvalue weighted by Gasteiger charge is 2.54. The summed E-state index contributed by atoms with van der Waals surface area (Å²) < 4.78 is 79.0. The van der Waals surface area contributed by atoms with Gasteiger partial charge in [0.1, 0.15) is 29.1 Å². The van der Waals surface area contributed by atoms with E-state index in [9.17, 15) is 36.6 Å². The number of carboxylic acid groups (broad SMARTS) is 1. The molecule has 2 aromatic rings. The highest BCUT2D eigenvalue weighted by atomic mass is 19.4. The third-order valence-electron chi connectivity index (χ3n) is 8.14. The Balaban J connectivity index is 1.18. The molecule has 2 N–H and O–H groups in total. The number of alkyl halides is 3. The summed E-state index contributed by atoms with van der Waals surface area (Å²) in [6.45, 7) is 1.38. The number of likely N-dealkylation sites (tertiary alicyclic amines) is 1. The number of amides is 1. The Morgan fingerprint density at radius 2 is 1.88 bits per heavy atom. The lowest BCUT2D eigenvalue weighted by atomic mass is 9.85. The summed E-state index contributed by atoms with van der Waals surface area (Å²) in [4.78, 5) is 26.8. The lowest BCUT2D eigenvalue weighted by Crippen LogP contribution is -2.58. The lowest BCUT2D eigenvalue weighted by molar-refractivity contribution is -0.166. The van der Waals surface area contributed by atoms with Gasteiger partial charge >= 0.3 is 12.1 Å². The van der Waals surface area contributed by atoms with Gasteiger partial charge in [0.15, 0.2) is 0 Å². The molecule has 1 aliphatic carbocycles. The number of carbonyl (C=O) groups excluding carboxylic acids is 1. The molecular formula is C29H31F5N2O5. The first kappa shape index (κ1) is 29.2. The summed E-state index contributed by atoms with van der Waals surface area (Å²) >= 11 is 0. The van der Waals surface area contributed by atoms with Crippen LogP contribution in [-0.2, 0) is 22.3 Å². The molecule has 0 bridgehead atoms. The van der Waals surface area contributed by atoms with Gasteiger partial charge in [-0.15, -0.1) is 0 Å². The van der Waals surface area contributed by atoms with Crippen LogP contribution in [0.4, 0.5) is 22.0 Å². The number of hydrogen-bond acceptors (Lipinski definition) is 5. The third-order valence-corrected chi connectivity index (χ3v) is 8.14. The number of nitrogens with zero attached hydrogens (tertiary/aromatic N) is 1. The number of carbonyl (C=O) groups is 2. The molecule has 2 saturated heterocycles. The molecule has 1 saturated carbocycles. The van der Waals surface area contributed by atoms with Crippen LogP contribution >= 0.6 is 0 Å². The quantitative estimate of drug-likeness (QED) is 0.418. The van der Waals surface area contributed by atoms with Gasteiger partial charge in [-0.3, -0.25) is 9.69 Å². The highest BCUT2D eigenvalue weighted by molar-refractivity contribution is 5.88. The lowest BCUT2D eigenvalue weighted by Gasteiger charge is -2.45.